The Balaban J connectivity index is 1.64. The van der Waals surface area contributed by atoms with Crippen LogP contribution in [-0.4, -0.2) is 77.4 Å². The molecular formula is C35H40N8O6. The van der Waals surface area contributed by atoms with E-state index in [9.17, 15) is 29.1 Å². The van der Waals surface area contributed by atoms with Gasteiger partial charge in [-0.05, 0) is 48.7 Å². The molecule has 0 spiro atoms. The van der Waals surface area contributed by atoms with Crippen molar-refractivity contribution in [3.8, 4) is 0 Å². The number of carboxylic acids is 1. The summed E-state index contributed by atoms with van der Waals surface area (Å²) < 4.78 is 0. The molecule has 1 aromatic heterocycles. The summed E-state index contributed by atoms with van der Waals surface area (Å²) in [6.07, 6.45) is 2.33. The molecule has 4 amide bonds. The molecule has 0 fully saturated rings. The number of hydrogen-bond donors (Lipinski definition) is 7. The number of H-pyrrole nitrogens is 1. The van der Waals surface area contributed by atoms with Crippen LogP contribution in [-0.2, 0) is 30.4 Å². The van der Waals surface area contributed by atoms with Crippen molar-refractivity contribution < 1.29 is 29.1 Å². The molecule has 0 aliphatic rings. The van der Waals surface area contributed by atoms with Crippen molar-refractivity contribution in [2.24, 2.45) is 5.73 Å². The van der Waals surface area contributed by atoms with Crippen LogP contribution in [0.15, 0.2) is 91.1 Å². The van der Waals surface area contributed by atoms with Crippen LogP contribution in [0.3, 0.4) is 0 Å². The van der Waals surface area contributed by atoms with Crippen LogP contribution in [0.5, 0.6) is 0 Å². The second-order valence-corrected chi connectivity index (χ2v) is 11.3. The molecule has 256 valence electrons. The summed E-state index contributed by atoms with van der Waals surface area (Å²) in [5, 5.41) is 26.0. The molecule has 4 aromatic rings. The number of anilines is 2. The second kappa shape index (κ2) is 17.1. The number of carbonyl (C=O) groups is 5. The number of aromatic amines is 1. The van der Waals surface area contributed by atoms with Crippen molar-refractivity contribution in [1.82, 2.24) is 20.9 Å². The number of carbonyl (C=O) groups excluding carboxylic acids is 4. The van der Waals surface area contributed by atoms with Crippen LogP contribution in [0.25, 0.3) is 10.9 Å². The smallest absolute Gasteiger partial charge is 0.323 e. The molecule has 14 nitrogen and oxygen atoms in total. The predicted molar refractivity (Wildman–Crippen MR) is 186 cm³/mol. The lowest BCUT2D eigenvalue weighted by Gasteiger charge is -2.30. The fourth-order valence-electron chi connectivity index (χ4n) is 5.46. The number of benzene rings is 3. The maximum absolute atomic E-state index is 14.2. The van der Waals surface area contributed by atoms with Crippen LogP contribution >= 0.6 is 0 Å². The summed E-state index contributed by atoms with van der Waals surface area (Å²) >= 11 is 0. The predicted octanol–water partition coefficient (Wildman–Crippen LogP) is 2.11. The summed E-state index contributed by atoms with van der Waals surface area (Å²) in [6, 6.07) is 22.0. The first-order valence-corrected chi connectivity index (χ1v) is 15.7. The maximum Gasteiger partial charge on any atom is 0.323 e. The van der Waals surface area contributed by atoms with Crippen LogP contribution < -0.4 is 31.5 Å². The van der Waals surface area contributed by atoms with Gasteiger partial charge in [-0.3, -0.25) is 34.3 Å². The normalized spacial score (nSPS) is 11.9. The van der Waals surface area contributed by atoms with Crippen molar-refractivity contribution in [2.45, 2.75) is 38.3 Å². The zero-order valence-electron chi connectivity index (χ0n) is 27.0. The molecule has 8 N–H and O–H groups in total. The minimum atomic E-state index is -1.24. The molecule has 3 aromatic carbocycles. The Kier molecular flexibility index (Phi) is 12.5. The lowest BCUT2D eigenvalue weighted by atomic mass is 10.0. The Morgan fingerprint density at radius 3 is 1.98 bits per heavy atom. The van der Waals surface area contributed by atoms with Gasteiger partial charge in [0.15, 0.2) is 5.96 Å². The number of carboxylic acid groups (broad SMARTS) is 1. The molecule has 0 aliphatic heterocycles. The van der Waals surface area contributed by atoms with Crippen molar-refractivity contribution in [3.63, 3.8) is 0 Å². The SMILES string of the molecule is CC(=O)NC(CCCNC(=N)N)C(=O)N(CC(=O)NC(Cc1c[nH]c2ccccc12)C(=O)N(CC(=O)O)c1ccccc1)c1ccccc1. The van der Waals surface area contributed by atoms with Crippen molar-refractivity contribution in [1.29, 1.82) is 5.41 Å². The Morgan fingerprint density at radius 1 is 0.816 bits per heavy atom. The van der Waals surface area contributed by atoms with Gasteiger partial charge < -0.3 is 36.7 Å². The Morgan fingerprint density at radius 2 is 1.39 bits per heavy atom. The Bertz CT molecular complexity index is 1780. The third kappa shape index (κ3) is 10.2. The quantitative estimate of drug-likeness (QED) is 0.0532. The molecule has 49 heavy (non-hydrogen) atoms. The van der Waals surface area contributed by atoms with Gasteiger partial charge in [-0.15, -0.1) is 0 Å². The van der Waals surface area contributed by atoms with Gasteiger partial charge in [0.25, 0.3) is 0 Å². The Hall–Kier alpha value is -6.18. The highest BCUT2D eigenvalue weighted by atomic mass is 16.4. The standard InChI is InChI=1S/C35H40N8O6/c1-23(44)40-29(17-10-18-38-35(36)37)33(48)42(25-11-4-2-5-12-25)21-31(45)41-30(19-24-20-39-28-16-9-8-15-27(24)28)34(49)43(22-32(46)47)26-13-6-3-7-14-26/h2-9,11-16,20,29-30,39H,10,17-19,21-22H2,1H3,(H,40,44)(H,41,45)(H,46,47)(H4,36,37,38). The fourth-order valence-corrected chi connectivity index (χ4v) is 5.46. The van der Waals surface area contributed by atoms with Crippen molar-refractivity contribution in [2.75, 3.05) is 29.4 Å². The van der Waals surface area contributed by atoms with E-state index in [0.29, 0.717) is 17.8 Å². The van der Waals surface area contributed by atoms with Crippen LogP contribution in [0, 0.1) is 5.41 Å². The number of nitrogens with zero attached hydrogens (tertiary/aromatic N) is 2. The molecule has 0 aliphatic carbocycles. The average molecular weight is 669 g/mol. The van der Waals surface area contributed by atoms with Gasteiger partial charge in [0, 0.05) is 48.4 Å². The van der Waals surface area contributed by atoms with E-state index in [0.717, 1.165) is 21.4 Å². The average Bonchev–Trinajstić information content (AvgIpc) is 3.49. The molecule has 2 atom stereocenters. The van der Waals surface area contributed by atoms with Crippen molar-refractivity contribution in [3.05, 3.63) is 96.7 Å². The van der Waals surface area contributed by atoms with Crippen LogP contribution in [0.1, 0.15) is 25.3 Å². The highest BCUT2D eigenvalue weighted by Gasteiger charge is 2.32. The number of aliphatic carboxylic acids is 1. The summed E-state index contributed by atoms with van der Waals surface area (Å²) in [7, 11) is 0. The topological polar surface area (TPSA) is 214 Å². The number of rotatable bonds is 16. The summed E-state index contributed by atoms with van der Waals surface area (Å²) in [4.78, 5) is 71.5. The van der Waals surface area contributed by atoms with Gasteiger partial charge in [-0.2, -0.15) is 0 Å². The number of aromatic nitrogens is 1. The number of amides is 4. The van der Waals surface area contributed by atoms with E-state index in [1.807, 2.05) is 24.3 Å². The molecule has 0 radical (unpaired) electrons. The second-order valence-electron chi connectivity index (χ2n) is 11.3. The third-order valence-corrected chi connectivity index (χ3v) is 7.66. The molecule has 4 rings (SSSR count). The van der Waals surface area contributed by atoms with Gasteiger partial charge in [0.2, 0.25) is 23.6 Å². The number of nitrogens with one attached hydrogen (secondary N) is 5. The monoisotopic (exact) mass is 668 g/mol. The van der Waals surface area contributed by atoms with Crippen LogP contribution in [0.4, 0.5) is 11.4 Å². The zero-order chi connectivity index (χ0) is 35.3. The molecular weight excluding hydrogens is 628 g/mol. The summed E-state index contributed by atoms with van der Waals surface area (Å²) in [6.45, 7) is 0.418. The maximum atomic E-state index is 14.2. The van der Waals surface area contributed by atoms with Crippen LogP contribution in [0.2, 0.25) is 0 Å². The Labute approximate surface area is 283 Å². The summed E-state index contributed by atoms with van der Waals surface area (Å²) in [5.74, 6) is -3.80. The van der Waals surface area contributed by atoms with Gasteiger partial charge in [0.05, 0.1) is 0 Å². The highest BCUT2D eigenvalue weighted by molar-refractivity contribution is 6.05. The number of hydrogen-bond acceptors (Lipinski definition) is 6. The number of nitrogens with two attached hydrogens (primary N) is 1. The minimum Gasteiger partial charge on any atom is -0.480 e. The lowest BCUT2D eigenvalue weighted by molar-refractivity contribution is -0.137. The largest absolute Gasteiger partial charge is 0.480 e. The number of guanidine groups is 1. The number of para-hydroxylation sites is 3. The third-order valence-electron chi connectivity index (χ3n) is 7.66. The molecule has 0 saturated carbocycles. The molecule has 0 saturated heterocycles. The zero-order valence-corrected chi connectivity index (χ0v) is 27.0. The first-order chi connectivity index (χ1) is 23.5. The first kappa shape index (κ1) is 35.7. The lowest BCUT2D eigenvalue weighted by Crippen LogP contribution is -2.55. The molecule has 1 heterocycles. The van der Waals surface area contributed by atoms with E-state index in [2.05, 4.69) is 20.9 Å². The van der Waals surface area contributed by atoms with Gasteiger partial charge in [0.1, 0.15) is 25.2 Å². The van der Waals surface area contributed by atoms with Gasteiger partial charge in [-0.1, -0.05) is 54.6 Å². The first-order valence-electron chi connectivity index (χ1n) is 15.7. The van der Waals surface area contributed by atoms with E-state index < -0.39 is 54.8 Å². The van der Waals surface area contributed by atoms with Crippen molar-refractivity contribution >= 4 is 57.8 Å². The highest BCUT2D eigenvalue weighted by Crippen LogP contribution is 2.22. The molecule has 14 heteroatoms. The van der Waals surface area contributed by atoms with E-state index in [4.69, 9.17) is 11.1 Å². The van der Waals surface area contributed by atoms with E-state index in [1.54, 1.807) is 66.9 Å². The molecule has 0 bridgehead atoms. The van der Waals surface area contributed by atoms with E-state index in [-0.39, 0.29) is 25.3 Å². The van der Waals surface area contributed by atoms with E-state index >= 15 is 0 Å². The molecule has 2 unspecified atom stereocenters. The van der Waals surface area contributed by atoms with Gasteiger partial charge in [-0.25, -0.2) is 0 Å². The number of fused-ring (bicyclic) bond motifs is 1. The van der Waals surface area contributed by atoms with E-state index in [1.165, 1.54) is 11.8 Å². The summed E-state index contributed by atoms with van der Waals surface area (Å²) in [5.41, 5.74) is 7.63. The fraction of sp³-hybridized carbons (Fsp3) is 0.257. The van der Waals surface area contributed by atoms with Gasteiger partial charge >= 0.3 is 5.97 Å². The minimum absolute atomic E-state index is 0.0223.